The summed E-state index contributed by atoms with van der Waals surface area (Å²) in [6, 6.07) is 7.77. The van der Waals surface area contributed by atoms with Crippen LogP contribution in [0.2, 0.25) is 0 Å². The van der Waals surface area contributed by atoms with E-state index < -0.39 is 10.4 Å². The molecule has 1 aromatic carbocycles. The van der Waals surface area contributed by atoms with Gasteiger partial charge in [-0.3, -0.25) is 4.79 Å². The summed E-state index contributed by atoms with van der Waals surface area (Å²) in [5, 5.41) is 0. The SMILES string of the molecule is CCOC1=NC(C)(C(Br)C(=O)OC)c2ccccc21. The molecule has 0 radical (unpaired) electrons. The van der Waals surface area contributed by atoms with E-state index in [0.717, 1.165) is 11.1 Å². The van der Waals surface area contributed by atoms with Crippen LogP contribution in [0, 0.1) is 0 Å². The number of alkyl halides is 1. The van der Waals surface area contributed by atoms with Gasteiger partial charge in [0.05, 0.1) is 13.7 Å². The summed E-state index contributed by atoms with van der Waals surface area (Å²) >= 11 is 3.40. The summed E-state index contributed by atoms with van der Waals surface area (Å²) in [4.78, 5) is 15.8. The average Bonchev–Trinajstić information content (AvgIpc) is 2.72. The third kappa shape index (κ3) is 2.27. The van der Waals surface area contributed by atoms with Crippen molar-refractivity contribution in [3.8, 4) is 0 Å². The van der Waals surface area contributed by atoms with E-state index in [1.165, 1.54) is 7.11 Å². The van der Waals surface area contributed by atoms with Gasteiger partial charge in [-0.05, 0) is 25.5 Å². The molecule has 0 saturated carbocycles. The van der Waals surface area contributed by atoms with Gasteiger partial charge in [-0.15, -0.1) is 0 Å². The molecule has 102 valence electrons. The highest BCUT2D eigenvalue weighted by atomic mass is 79.9. The van der Waals surface area contributed by atoms with Gasteiger partial charge < -0.3 is 9.47 Å². The number of methoxy groups -OCH3 is 1. The molecule has 4 nitrogen and oxygen atoms in total. The number of hydrogen-bond donors (Lipinski definition) is 0. The number of fused-ring (bicyclic) bond motifs is 1. The third-order valence-electron chi connectivity index (χ3n) is 3.22. The van der Waals surface area contributed by atoms with E-state index in [1.54, 1.807) is 0 Å². The summed E-state index contributed by atoms with van der Waals surface area (Å²) in [5.74, 6) is 0.229. The Labute approximate surface area is 120 Å². The van der Waals surface area contributed by atoms with Crippen molar-refractivity contribution in [3.63, 3.8) is 0 Å². The number of carbonyl (C=O) groups excluding carboxylic acids is 1. The maximum Gasteiger partial charge on any atom is 0.322 e. The van der Waals surface area contributed by atoms with Crippen molar-refractivity contribution < 1.29 is 14.3 Å². The second-order valence-electron chi connectivity index (χ2n) is 4.43. The van der Waals surface area contributed by atoms with Crippen LogP contribution in [0.15, 0.2) is 29.3 Å². The fourth-order valence-electron chi connectivity index (χ4n) is 2.22. The molecular formula is C14H16BrNO3. The highest BCUT2D eigenvalue weighted by Crippen LogP contribution is 2.41. The van der Waals surface area contributed by atoms with Crippen LogP contribution in [0.25, 0.3) is 0 Å². The minimum atomic E-state index is -0.714. The molecule has 0 saturated heterocycles. The summed E-state index contributed by atoms with van der Waals surface area (Å²) < 4.78 is 10.4. The van der Waals surface area contributed by atoms with Crippen molar-refractivity contribution in [2.24, 2.45) is 4.99 Å². The number of ether oxygens (including phenoxy) is 2. The van der Waals surface area contributed by atoms with Crippen LogP contribution in [0.4, 0.5) is 0 Å². The summed E-state index contributed by atoms with van der Waals surface area (Å²) in [5.41, 5.74) is 1.18. The van der Waals surface area contributed by atoms with Gasteiger partial charge in [-0.2, -0.15) is 0 Å². The minimum Gasteiger partial charge on any atom is -0.478 e. The zero-order valence-electron chi connectivity index (χ0n) is 11.1. The predicted molar refractivity (Wildman–Crippen MR) is 76.7 cm³/mol. The molecule has 1 heterocycles. The molecule has 0 aromatic heterocycles. The number of esters is 1. The lowest BCUT2D eigenvalue weighted by atomic mass is 9.88. The fourth-order valence-corrected chi connectivity index (χ4v) is 2.75. The molecule has 0 amide bonds. The van der Waals surface area contributed by atoms with Crippen LogP contribution >= 0.6 is 15.9 Å². The Morgan fingerprint density at radius 2 is 2.16 bits per heavy atom. The highest BCUT2D eigenvalue weighted by molar-refractivity contribution is 9.10. The van der Waals surface area contributed by atoms with Gasteiger partial charge in [0.2, 0.25) is 5.90 Å². The second-order valence-corrected chi connectivity index (χ2v) is 5.34. The lowest BCUT2D eigenvalue weighted by Gasteiger charge is -2.26. The Morgan fingerprint density at radius 1 is 1.47 bits per heavy atom. The number of halogens is 1. The molecule has 1 aliphatic rings. The van der Waals surface area contributed by atoms with Crippen molar-refractivity contribution in [2.45, 2.75) is 24.2 Å². The standard InChI is InChI=1S/C14H16BrNO3/c1-4-19-12-9-7-5-6-8-10(9)14(2,16-12)11(15)13(17)18-3/h5-8,11H,4H2,1-3H3. The summed E-state index contributed by atoms with van der Waals surface area (Å²) in [7, 11) is 1.37. The Kier molecular flexibility index (Phi) is 3.94. The number of hydrogen-bond acceptors (Lipinski definition) is 4. The smallest absolute Gasteiger partial charge is 0.322 e. The van der Waals surface area contributed by atoms with Gasteiger partial charge in [-0.1, -0.05) is 34.1 Å². The zero-order valence-corrected chi connectivity index (χ0v) is 12.7. The van der Waals surface area contributed by atoms with Gasteiger partial charge in [0, 0.05) is 5.56 Å². The van der Waals surface area contributed by atoms with E-state index >= 15 is 0 Å². The number of aliphatic imine (C=N–C) groups is 1. The quantitative estimate of drug-likeness (QED) is 0.634. The molecule has 0 N–H and O–H groups in total. The normalized spacial score (nSPS) is 22.4. The van der Waals surface area contributed by atoms with Gasteiger partial charge in [0.25, 0.3) is 0 Å². The van der Waals surface area contributed by atoms with E-state index in [0.29, 0.717) is 12.5 Å². The maximum atomic E-state index is 11.8. The van der Waals surface area contributed by atoms with Crippen LogP contribution in [0.5, 0.6) is 0 Å². The number of benzene rings is 1. The van der Waals surface area contributed by atoms with E-state index in [4.69, 9.17) is 9.47 Å². The summed E-state index contributed by atoms with van der Waals surface area (Å²) in [6.07, 6.45) is 0. The summed E-state index contributed by atoms with van der Waals surface area (Å²) in [6.45, 7) is 4.34. The topological polar surface area (TPSA) is 47.9 Å². The van der Waals surface area contributed by atoms with Gasteiger partial charge in [-0.25, -0.2) is 4.99 Å². The first kappa shape index (κ1) is 14.1. The zero-order chi connectivity index (χ0) is 14.0. The molecule has 0 spiro atoms. The molecule has 5 heteroatoms. The van der Waals surface area contributed by atoms with Crippen molar-refractivity contribution in [1.29, 1.82) is 0 Å². The molecule has 2 atom stereocenters. The molecule has 1 aliphatic heterocycles. The lowest BCUT2D eigenvalue weighted by Crippen LogP contribution is -2.36. The van der Waals surface area contributed by atoms with E-state index in [1.807, 2.05) is 38.1 Å². The van der Waals surface area contributed by atoms with Gasteiger partial charge in [0.1, 0.15) is 10.4 Å². The monoisotopic (exact) mass is 325 g/mol. The molecule has 0 bridgehead atoms. The minimum absolute atomic E-state index is 0.348. The van der Waals surface area contributed by atoms with Crippen molar-refractivity contribution >= 4 is 27.8 Å². The maximum absolute atomic E-state index is 11.8. The van der Waals surface area contributed by atoms with Crippen LogP contribution in [-0.4, -0.2) is 30.4 Å². The van der Waals surface area contributed by atoms with E-state index in [2.05, 4.69) is 20.9 Å². The number of nitrogens with zero attached hydrogens (tertiary/aromatic N) is 1. The first-order valence-electron chi connectivity index (χ1n) is 6.09. The Bertz CT molecular complexity index is 529. The fraction of sp³-hybridized carbons (Fsp3) is 0.429. The highest BCUT2D eigenvalue weighted by Gasteiger charge is 2.45. The van der Waals surface area contributed by atoms with Crippen molar-refractivity contribution in [3.05, 3.63) is 35.4 Å². The molecule has 19 heavy (non-hydrogen) atoms. The van der Waals surface area contributed by atoms with Gasteiger partial charge in [0.15, 0.2) is 0 Å². The van der Waals surface area contributed by atoms with E-state index in [9.17, 15) is 4.79 Å². The second kappa shape index (κ2) is 5.33. The molecule has 0 fully saturated rings. The Hall–Kier alpha value is -1.36. The van der Waals surface area contributed by atoms with Gasteiger partial charge >= 0.3 is 5.97 Å². The van der Waals surface area contributed by atoms with Crippen LogP contribution < -0.4 is 0 Å². The first-order chi connectivity index (χ1) is 9.04. The van der Waals surface area contributed by atoms with Crippen LogP contribution in [-0.2, 0) is 19.8 Å². The number of carbonyl (C=O) groups is 1. The Balaban J connectivity index is 2.49. The largest absolute Gasteiger partial charge is 0.478 e. The van der Waals surface area contributed by atoms with E-state index in [-0.39, 0.29) is 5.97 Å². The number of rotatable bonds is 3. The predicted octanol–water partition coefficient (Wildman–Crippen LogP) is 2.64. The lowest BCUT2D eigenvalue weighted by molar-refractivity contribution is -0.141. The molecular weight excluding hydrogens is 310 g/mol. The Morgan fingerprint density at radius 3 is 2.79 bits per heavy atom. The first-order valence-corrected chi connectivity index (χ1v) is 7.00. The molecule has 2 unspecified atom stereocenters. The van der Waals surface area contributed by atoms with Crippen LogP contribution in [0.1, 0.15) is 25.0 Å². The van der Waals surface area contributed by atoms with Crippen LogP contribution in [0.3, 0.4) is 0 Å². The average molecular weight is 326 g/mol. The third-order valence-corrected chi connectivity index (χ3v) is 4.48. The molecule has 2 rings (SSSR count). The molecule has 1 aromatic rings. The van der Waals surface area contributed by atoms with Crippen molar-refractivity contribution in [2.75, 3.05) is 13.7 Å². The van der Waals surface area contributed by atoms with Crippen molar-refractivity contribution in [1.82, 2.24) is 0 Å². The molecule has 0 aliphatic carbocycles.